The number of carbonyl (C=O) groups is 1. The van der Waals surface area contributed by atoms with Crippen LogP contribution in [0.2, 0.25) is 0 Å². The van der Waals surface area contributed by atoms with Crippen LogP contribution in [0.25, 0.3) is 0 Å². The monoisotopic (exact) mass is 197 g/mol. The van der Waals surface area contributed by atoms with Crippen LogP contribution in [0.5, 0.6) is 0 Å². The van der Waals surface area contributed by atoms with Crippen molar-refractivity contribution < 1.29 is 9.53 Å². The maximum Gasteiger partial charge on any atom is 0.341 e. The highest BCUT2D eigenvalue weighted by Crippen LogP contribution is 1.98. The van der Waals surface area contributed by atoms with Gasteiger partial charge in [0.25, 0.3) is 0 Å². The third-order valence-corrected chi connectivity index (χ3v) is 1.18. The summed E-state index contributed by atoms with van der Waals surface area (Å²) in [5.74, 6) is -0.291. The molecule has 1 aromatic heterocycles. The number of ether oxygens (including phenoxy) is 1. The molecule has 1 heterocycles. The zero-order valence-electron chi connectivity index (χ0n) is 8.65. The van der Waals surface area contributed by atoms with Gasteiger partial charge in [0.2, 0.25) is 5.95 Å². The molecule has 0 aliphatic carbocycles. The van der Waals surface area contributed by atoms with Crippen LogP contribution in [0.3, 0.4) is 0 Å². The number of hydrogen-bond acceptors (Lipinski definition) is 5. The van der Waals surface area contributed by atoms with E-state index in [0.717, 1.165) is 0 Å². The summed E-state index contributed by atoms with van der Waals surface area (Å²) >= 11 is 0. The zero-order valence-corrected chi connectivity index (χ0v) is 8.65. The van der Waals surface area contributed by atoms with Gasteiger partial charge in [-0.05, 0) is 6.92 Å². The third-order valence-electron chi connectivity index (χ3n) is 1.18. The van der Waals surface area contributed by atoms with Crippen LogP contribution in [0.1, 0.15) is 31.1 Å². The molecule has 5 heteroatoms. The number of nitrogen functional groups attached to an aromatic ring is 1. The number of aromatic nitrogens is 2. The lowest BCUT2D eigenvalue weighted by Crippen LogP contribution is -2.06. The van der Waals surface area contributed by atoms with Crippen LogP contribution < -0.4 is 5.73 Å². The molecular weight excluding hydrogens is 182 g/mol. The average Bonchev–Trinajstić information content (AvgIpc) is 2.22. The maximum atomic E-state index is 11.0. The van der Waals surface area contributed by atoms with E-state index in [9.17, 15) is 4.79 Å². The molecule has 0 atom stereocenters. The van der Waals surface area contributed by atoms with Crippen LogP contribution >= 0.6 is 0 Å². The van der Waals surface area contributed by atoms with Crippen molar-refractivity contribution >= 4 is 11.9 Å². The van der Waals surface area contributed by atoms with Crippen LogP contribution in [0.15, 0.2) is 12.4 Å². The van der Waals surface area contributed by atoms with Gasteiger partial charge in [-0.2, -0.15) is 0 Å². The number of nitrogens with two attached hydrogens (primary N) is 1. The van der Waals surface area contributed by atoms with E-state index in [2.05, 4.69) is 9.97 Å². The SMILES string of the molecule is CC.CCOC(=O)c1cnc(N)nc1. The second-order valence-corrected chi connectivity index (χ2v) is 2.05. The third kappa shape index (κ3) is 3.84. The van der Waals surface area contributed by atoms with Gasteiger partial charge in [-0.1, -0.05) is 13.8 Å². The lowest BCUT2D eigenvalue weighted by molar-refractivity contribution is 0.0525. The molecule has 14 heavy (non-hydrogen) atoms. The molecule has 1 aromatic rings. The first-order valence-electron chi connectivity index (χ1n) is 4.48. The Morgan fingerprint density at radius 1 is 1.43 bits per heavy atom. The summed E-state index contributed by atoms with van der Waals surface area (Å²) in [5, 5.41) is 0. The summed E-state index contributed by atoms with van der Waals surface area (Å²) in [6.07, 6.45) is 2.67. The van der Waals surface area contributed by atoms with E-state index >= 15 is 0 Å². The van der Waals surface area contributed by atoms with Gasteiger partial charge in [-0.25, -0.2) is 14.8 Å². The van der Waals surface area contributed by atoms with Gasteiger partial charge in [0.1, 0.15) is 0 Å². The van der Waals surface area contributed by atoms with Crippen molar-refractivity contribution in [3.63, 3.8) is 0 Å². The van der Waals surface area contributed by atoms with E-state index < -0.39 is 5.97 Å². The predicted molar refractivity (Wildman–Crippen MR) is 53.7 cm³/mol. The minimum atomic E-state index is -0.433. The summed E-state index contributed by atoms with van der Waals surface area (Å²) < 4.78 is 4.71. The number of nitrogens with zero attached hydrogens (tertiary/aromatic N) is 2. The van der Waals surface area contributed by atoms with Gasteiger partial charge in [-0.3, -0.25) is 0 Å². The summed E-state index contributed by atoms with van der Waals surface area (Å²) in [7, 11) is 0. The molecule has 0 aliphatic heterocycles. The predicted octanol–water partition coefficient (Wildman–Crippen LogP) is 1.26. The molecule has 0 unspecified atom stereocenters. The smallest absolute Gasteiger partial charge is 0.341 e. The molecule has 0 saturated carbocycles. The number of hydrogen-bond donors (Lipinski definition) is 1. The minimum absolute atomic E-state index is 0.142. The summed E-state index contributed by atoms with van der Waals surface area (Å²) in [6, 6.07) is 0. The second kappa shape index (κ2) is 6.82. The molecule has 78 valence electrons. The van der Waals surface area contributed by atoms with Crippen molar-refractivity contribution in [2.45, 2.75) is 20.8 Å². The van der Waals surface area contributed by atoms with Gasteiger partial charge in [-0.15, -0.1) is 0 Å². The van der Waals surface area contributed by atoms with E-state index in [4.69, 9.17) is 10.5 Å². The first-order valence-corrected chi connectivity index (χ1v) is 4.48. The first kappa shape index (κ1) is 12.3. The fourth-order valence-electron chi connectivity index (χ4n) is 0.658. The zero-order chi connectivity index (χ0) is 11.0. The van der Waals surface area contributed by atoms with Crippen molar-refractivity contribution in [2.24, 2.45) is 0 Å². The van der Waals surface area contributed by atoms with E-state index in [-0.39, 0.29) is 5.95 Å². The molecule has 5 nitrogen and oxygen atoms in total. The molecular formula is C9H15N3O2. The maximum absolute atomic E-state index is 11.0. The number of carbonyl (C=O) groups excluding carboxylic acids is 1. The molecule has 2 N–H and O–H groups in total. The Kier molecular flexibility index (Phi) is 6.02. The highest BCUT2D eigenvalue weighted by Gasteiger charge is 2.05. The standard InChI is InChI=1S/C7H9N3O2.C2H6/c1-2-12-6(11)5-3-9-7(8)10-4-5;1-2/h3-4H,2H2,1H3,(H2,8,9,10);1-2H3. The van der Waals surface area contributed by atoms with Crippen molar-refractivity contribution in [3.05, 3.63) is 18.0 Å². The lowest BCUT2D eigenvalue weighted by atomic mass is 10.3. The van der Waals surface area contributed by atoms with Crippen molar-refractivity contribution in [1.82, 2.24) is 9.97 Å². The van der Waals surface area contributed by atoms with E-state index in [1.807, 2.05) is 13.8 Å². The normalized spacial score (nSPS) is 8.50. The molecule has 0 saturated heterocycles. The van der Waals surface area contributed by atoms with Gasteiger partial charge < -0.3 is 10.5 Å². The van der Waals surface area contributed by atoms with Crippen molar-refractivity contribution in [1.29, 1.82) is 0 Å². The topological polar surface area (TPSA) is 78.1 Å². The highest BCUT2D eigenvalue weighted by molar-refractivity contribution is 5.88. The molecule has 0 bridgehead atoms. The molecule has 0 aromatic carbocycles. The quantitative estimate of drug-likeness (QED) is 0.722. The Bertz CT molecular complexity index is 272. The van der Waals surface area contributed by atoms with Gasteiger partial charge in [0.05, 0.1) is 12.2 Å². The lowest BCUT2D eigenvalue weighted by Gasteiger charge is -1.99. The average molecular weight is 197 g/mol. The molecule has 1 rings (SSSR count). The van der Waals surface area contributed by atoms with Gasteiger partial charge in [0, 0.05) is 12.4 Å². The Morgan fingerprint density at radius 2 is 1.93 bits per heavy atom. The van der Waals surface area contributed by atoms with Crippen LogP contribution in [-0.2, 0) is 4.74 Å². The van der Waals surface area contributed by atoms with Crippen molar-refractivity contribution in [2.75, 3.05) is 12.3 Å². The molecule has 0 aliphatic rings. The molecule has 0 spiro atoms. The van der Waals surface area contributed by atoms with Crippen LogP contribution in [0.4, 0.5) is 5.95 Å². The number of rotatable bonds is 2. The number of anilines is 1. The van der Waals surface area contributed by atoms with E-state index in [1.54, 1.807) is 6.92 Å². The van der Waals surface area contributed by atoms with E-state index in [0.29, 0.717) is 12.2 Å². The molecule has 0 amide bonds. The molecule has 0 radical (unpaired) electrons. The summed E-state index contributed by atoms with van der Waals surface area (Å²) in [6.45, 7) is 6.07. The highest BCUT2D eigenvalue weighted by atomic mass is 16.5. The Balaban J connectivity index is 0.000000791. The Labute approximate surface area is 83.3 Å². The summed E-state index contributed by atoms with van der Waals surface area (Å²) in [4.78, 5) is 18.3. The fraction of sp³-hybridized carbons (Fsp3) is 0.444. The fourth-order valence-corrected chi connectivity index (χ4v) is 0.658. The second-order valence-electron chi connectivity index (χ2n) is 2.05. The largest absolute Gasteiger partial charge is 0.462 e. The van der Waals surface area contributed by atoms with Gasteiger partial charge >= 0.3 is 5.97 Å². The minimum Gasteiger partial charge on any atom is -0.462 e. The number of esters is 1. The summed E-state index contributed by atoms with van der Waals surface area (Å²) in [5.41, 5.74) is 5.54. The van der Waals surface area contributed by atoms with E-state index in [1.165, 1.54) is 12.4 Å². The Morgan fingerprint density at radius 3 is 2.36 bits per heavy atom. The van der Waals surface area contributed by atoms with Gasteiger partial charge in [0.15, 0.2) is 0 Å². The molecule has 0 fully saturated rings. The Hall–Kier alpha value is -1.65. The van der Waals surface area contributed by atoms with Crippen molar-refractivity contribution in [3.8, 4) is 0 Å². The first-order chi connectivity index (χ1) is 6.74. The van der Waals surface area contributed by atoms with Crippen LogP contribution in [-0.4, -0.2) is 22.5 Å². The van der Waals surface area contributed by atoms with Crippen LogP contribution in [0, 0.1) is 0 Å².